The van der Waals surface area contributed by atoms with E-state index in [1.54, 1.807) is 0 Å². The number of benzene rings is 1. The zero-order valence-corrected chi connectivity index (χ0v) is 6.62. The molecule has 1 heteroatoms. The van der Waals surface area contributed by atoms with Crippen LogP contribution >= 0.6 is 0 Å². The van der Waals surface area contributed by atoms with Gasteiger partial charge in [0.2, 0.25) is 0 Å². The van der Waals surface area contributed by atoms with Crippen molar-refractivity contribution in [3.05, 3.63) is 35.4 Å². The fourth-order valence-electron chi connectivity index (χ4n) is 1.77. The van der Waals surface area contributed by atoms with Crippen LogP contribution in [0.3, 0.4) is 0 Å². The Bertz CT molecular complexity index is 267. The molecule has 1 N–H and O–H groups in total. The zero-order valence-electron chi connectivity index (χ0n) is 6.62. The van der Waals surface area contributed by atoms with E-state index >= 15 is 0 Å². The summed E-state index contributed by atoms with van der Waals surface area (Å²) in [5.41, 5.74) is 2.63. The molecule has 1 aromatic carbocycles. The number of rotatable bonds is 0. The van der Waals surface area contributed by atoms with E-state index in [1.165, 1.54) is 11.1 Å². The van der Waals surface area contributed by atoms with Crippen molar-refractivity contribution in [2.75, 3.05) is 0 Å². The lowest BCUT2D eigenvalue weighted by molar-refractivity contribution is 0.163. The number of aliphatic hydroxyl groups is 1. The smallest absolute Gasteiger partial charge is 0.0646 e. The molecule has 0 amide bonds. The van der Waals surface area contributed by atoms with Crippen molar-refractivity contribution in [2.45, 2.75) is 25.4 Å². The third kappa shape index (κ3) is 0.962. The Balaban J connectivity index is 2.47. The molecule has 1 nitrogen and oxygen atoms in total. The highest BCUT2D eigenvalue weighted by Gasteiger charge is 2.26. The van der Waals surface area contributed by atoms with Crippen molar-refractivity contribution in [3.8, 4) is 0 Å². The molecule has 0 heterocycles. The molecule has 1 aliphatic carbocycles. The number of hydrogen-bond donors (Lipinski definition) is 1. The number of hydrogen-bond acceptors (Lipinski definition) is 1. The lowest BCUT2D eigenvalue weighted by atomic mass is 10.0. The average Bonchev–Trinajstić information content (AvgIpc) is 2.30. The van der Waals surface area contributed by atoms with Crippen LogP contribution in [0.15, 0.2) is 24.3 Å². The standard InChI is InChI=1S/C10H12O/c1-7-9-5-3-2-4-8(9)6-10(7)11/h2-5,7,10-11H,6H2,1H3/t7-,10+/m1/s1. The Morgan fingerprint density at radius 1 is 1.36 bits per heavy atom. The van der Waals surface area contributed by atoms with E-state index in [9.17, 15) is 5.11 Å². The first kappa shape index (κ1) is 6.86. The minimum absolute atomic E-state index is 0.160. The van der Waals surface area contributed by atoms with Gasteiger partial charge in [0.25, 0.3) is 0 Å². The zero-order chi connectivity index (χ0) is 7.84. The molecule has 0 radical (unpaired) electrons. The van der Waals surface area contributed by atoms with Crippen molar-refractivity contribution >= 4 is 0 Å². The molecule has 2 rings (SSSR count). The molecule has 0 bridgehead atoms. The molecule has 0 saturated carbocycles. The fraction of sp³-hybridized carbons (Fsp3) is 0.400. The molecular formula is C10H12O. The maximum atomic E-state index is 9.52. The van der Waals surface area contributed by atoms with Crippen LogP contribution < -0.4 is 0 Å². The van der Waals surface area contributed by atoms with Gasteiger partial charge in [0, 0.05) is 5.92 Å². The molecule has 11 heavy (non-hydrogen) atoms. The molecule has 0 unspecified atom stereocenters. The predicted octanol–water partition coefficient (Wildman–Crippen LogP) is 1.71. The predicted molar refractivity (Wildman–Crippen MR) is 44.6 cm³/mol. The second-order valence-electron chi connectivity index (χ2n) is 3.26. The van der Waals surface area contributed by atoms with Gasteiger partial charge in [-0.25, -0.2) is 0 Å². The van der Waals surface area contributed by atoms with Crippen LogP contribution in [-0.2, 0) is 6.42 Å². The summed E-state index contributed by atoms with van der Waals surface area (Å²) in [6, 6.07) is 8.27. The SMILES string of the molecule is C[C@@H]1c2ccccc2C[C@@H]1O. The van der Waals surface area contributed by atoms with Gasteiger partial charge in [-0.2, -0.15) is 0 Å². The molecule has 0 saturated heterocycles. The number of aliphatic hydroxyl groups excluding tert-OH is 1. The second kappa shape index (κ2) is 2.35. The van der Waals surface area contributed by atoms with Crippen LogP contribution in [0.2, 0.25) is 0 Å². The molecule has 1 aromatic rings. The normalized spacial score (nSPS) is 28.5. The molecule has 58 valence electrons. The second-order valence-corrected chi connectivity index (χ2v) is 3.26. The fourth-order valence-corrected chi connectivity index (χ4v) is 1.77. The maximum Gasteiger partial charge on any atom is 0.0646 e. The largest absolute Gasteiger partial charge is 0.392 e. The lowest BCUT2D eigenvalue weighted by Gasteiger charge is -2.07. The van der Waals surface area contributed by atoms with E-state index in [-0.39, 0.29) is 6.10 Å². The van der Waals surface area contributed by atoms with Gasteiger partial charge in [0.15, 0.2) is 0 Å². The van der Waals surface area contributed by atoms with Crippen LogP contribution in [0.5, 0.6) is 0 Å². The molecule has 1 aliphatic rings. The van der Waals surface area contributed by atoms with Crippen LogP contribution in [0.25, 0.3) is 0 Å². The van der Waals surface area contributed by atoms with E-state index < -0.39 is 0 Å². The van der Waals surface area contributed by atoms with Crippen molar-refractivity contribution in [3.63, 3.8) is 0 Å². The topological polar surface area (TPSA) is 20.2 Å². The summed E-state index contributed by atoms with van der Waals surface area (Å²) in [6.07, 6.45) is 0.671. The first-order valence-corrected chi connectivity index (χ1v) is 4.05. The van der Waals surface area contributed by atoms with Crippen LogP contribution in [0, 0.1) is 0 Å². The van der Waals surface area contributed by atoms with Crippen molar-refractivity contribution in [2.24, 2.45) is 0 Å². The third-order valence-electron chi connectivity index (χ3n) is 2.55. The first-order chi connectivity index (χ1) is 5.29. The molecular weight excluding hydrogens is 136 g/mol. The Labute approximate surface area is 66.7 Å². The van der Waals surface area contributed by atoms with Crippen molar-refractivity contribution < 1.29 is 5.11 Å². The monoisotopic (exact) mass is 148 g/mol. The minimum Gasteiger partial charge on any atom is -0.392 e. The van der Waals surface area contributed by atoms with Gasteiger partial charge in [0.05, 0.1) is 6.10 Å². The quantitative estimate of drug-likeness (QED) is 0.593. The van der Waals surface area contributed by atoms with E-state index in [1.807, 2.05) is 12.1 Å². The molecule has 2 atom stereocenters. The summed E-state index contributed by atoms with van der Waals surface area (Å²) >= 11 is 0. The minimum atomic E-state index is -0.160. The molecule has 0 aliphatic heterocycles. The Morgan fingerprint density at radius 2 is 2.09 bits per heavy atom. The molecule has 0 spiro atoms. The van der Waals surface area contributed by atoms with Crippen molar-refractivity contribution in [1.82, 2.24) is 0 Å². The third-order valence-corrected chi connectivity index (χ3v) is 2.55. The van der Waals surface area contributed by atoms with Gasteiger partial charge in [-0.05, 0) is 17.5 Å². The van der Waals surface area contributed by atoms with E-state index in [0.29, 0.717) is 5.92 Å². The van der Waals surface area contributed by atoms with E-state index in [2.05, 4.69) is 19.1 Å². The summed E-state index contributed by atoms with van der Waals surface area (Å²) < 4.78 is 0. The lowest BCUT2D eigenvalue weighted by Crippen LogP contribution is -2.09. The summed E-state index contributed by atoms with van der Waals surface area (Å²) in [6.45, 7) is 2.08. The summed E-state index contributed by atoms with van der Waals surface area (Å²) in [5.74, 6) is 0.325. The van der Waals surface area contributed by atoms with E-state index in [0.717, 1.165) is 6.42 Å². The van der Waals surface area contributed by atoms with Crippen LogP contribution in [0.4, 0.5) is 0 Å². The van der Waals surface area contributed by atoms with Gasteiger partial charge in [-0.15, -0.1) is 0 Å². The Kier molecular flexibility index (Phi) is 1.46. The summed E-state index contributed by atoms with van der Waals surface area (Å²) in [4.78, 5) is 0. The van der Waals surface area contributed by atoms with Crippen LogP contribution in [-0.4, -0.2) is 11.2 Å². The highest BCUT2D eigenvalue weighted by atomic mass is 16.3. The number of fused-ring (bicyclic) bond motifs is 1. The average molecular weight is 148 g/mol. The molecule has 0 fully saturated rings. The van der Waals surface area contributed by atoms with Gasteiger partial charge < -0.3 is 5.11 Å². The summed E-state index contributed by atoms with van der Waals surface area (Å²) in [5, 5.41) is 9.52. The Hall–Kier alpha value is -0.820. The summed E-state index contributed by atoms with van der Waals surface area (Å²) in [7, 11) is 0. The van der Waals surface area contributed by atoms with Gasteiger partial charge >= 0.3 is 0 Å². The Morgan fingerprint density at radius 3 is 2.82 bits per heavy atom. The van der Waals surface area contributed by atoms with Gasteiger partial charge in [-0.3, -0.25) is 0 Å². The highest BCUT2D eigenvalue weighted by Crippen LogP contribution is 2.32. The van der Waals surface area contributed by atoms with Gasteiger partial charge in [-0.1, -0.05) is 31.2 Å². The highest BCUT2D eigenvalue weighted by molar-refractivity contribution is 5.36. The van der Waals surface area contributed by atoms with Crippen molar-refractivity contribution in [1.29, 1.82) is 0 Å². The van der Waals surface area contributed by atoms with Gasteiger partial charge in [0.1, 0.15) is 0 Å². The molecule has 0 aromatic heterocycles. The maximum absolute atomic E-state index is 9.52. The first-order valence-electron chi connectivity index (χ1n) is 4.05. The van der Waals surface area contributed by atoms with E-state index in [4.69, 9.17) is 0 Å². The van der Waals surface area contributed by atoms with Crippen LogP contribution in [0.1, 0.15) is 24.0 Å².